The molecule has 98 valence electrons. The van der Waals surface area contributed by atoms with Gasteiger partial charge in [-0.15, -0.1) is 12.4 Å². The van der Waals surface area contributed by atoms with Crippen molar-refractivity contribution in [3.05, 3.63) is 11.7 Å². The molecule has 0 radical (unpaired) electrons. The molecule has 2 atom stereocenters. The van der Waals surface area contributed by atoms with Crippen LogP contribution in [0.5, 0.6) is 0 Å². The molecule has 1 aromatic heterocycles. The van der Waals surface area contributed by atoms with Crippen LogP contribution in [0, 0.1) is 5.92 Å². The van der Waals surface area contributed by atoms with E-state index in [0.29, 0.717) is 5.92 Å². The molecule has 2 heterocycles. The molecular weight excluding hydrogens is 240 g/mol. The zero-order chi connectivity index (χ0) is 11.5. The number of aromatic nitrogens is 2. The predicted molar refractivity (Wildman–Crippen MR) is 68.0 cm³/mol. The maximum Gasteiger partial charge on any atom is 0.226 e. The van der Waals surface area contributed by atoms with E-state index in [4.69, 9.17) is 10.3 Å². The summed E-state index contributed by atoms with van der Waals surface area (Å²) in [6.45, 7) is 7.01. The zero-order valence-corrected chi connectivity index (χ0v) is 11.2. The summed E-state index contributed by atoms with van der Waals surface area (Å²) in [5.74, 6) is 2.12. The summed E-state index contributed by atoms with van der Waals surface area (Å²) in [7, 11) is 0. The van der Waals surface area contributed by atoms with E-state index >= 15 is 0 Å². The highest BCUT2D eigenvalue weighted by Gasteiger charge is 2.25. The normalized spacial score (nSPS) is 22.4. The molecule has 0 aromatic carbocycles. The van der Waals surface area contributed by atoms with Gasteiger partial charge in [-0.2, -0.15) is 4.98 Å². The second-order valence-corrected chi connectivity index (χ2v) is 4.60. The minimum Gasteiger partial charge on any atom is -0.339 e. The predicted octanol–water partition coefficient (Wildman–Crippen LogP) is 1.22. The van der Waals surface area contributed by atoms with E-state index in [2.05, 4.69) is 22.0 Å². The topological polar surface area (TPSA) is 68.2 Å². The summed E-state index contributed by atoms with van der Waals surface area (Å²) in [6, 6.07) is 0.279. The van der Waals surface area contributed by atoms with Crippen LogP contribution in [0.15, 0.2) is 4.52 Å². The Kier molecular flexibility index (Phi) is 5.36. The first-order valence-electron chi connectivity index (χ1n) is 5.98. The molecular formula is C11H21ClN4O. The molecule has 1 saturated heterocycles. The van der Waals surface area contributed by atoms with Gasteiger partial charge in [-0.25, -0.2) is 0 Å². The average molecular weight is 261 g/mol. The quantitative estimate of drug-likeness (QED) is 0.882. The van der Waals surface area contributed by atoms with Crippen molar-refractivity contribution in [3.63, 3.8) is 0 Å². The third-order valence-corrected chi connectivity index (χ3v) is 3.23. The molecule has 6 heteroatoms. The lowest BCUT2D eigenvalue weighted by Crippen LogP contribution is -2.29. The highest BCUT2D eigenvalue weighted by atomic mass is 35.5. The molecule has 1 aromatic rings. The van der Waals surface area contributed by atoms with Gasteiger partial charge in [0, 0.05) is 19.0 Å². The number of rotatable bonds is 4. The van der Waals surface area contributed by atoms with Gasteiger partial charge in [-0.05, 0) is 25.8 Å². The van der Waals surface area contributed by atoms with Gasteiger partial charge < -0.3 is 10.3 Å². The summed E-state index contributed by atoms with van der Waals surface area (Å²) in [6.07, 6.45) is 1.98. The lowest BCUT2D eigenvalue weighted by Gasteiger charge is -2.15. The fraction of sp³-hybridized carbons (Fsp3) is 0.818. The van der Waals surface area contributed by atoms with Gasteiger partial charge in [-0.3, -0.25) is 4.90 Å². The Morgan fingerprint density at radius 3 is 2.88 bits per heavy atom. The van der Waals surface area contributed by atoms with Crippen LogP contribution in [0.1, 0.15) is 32.0 Å². The molecule has 0 saturated carbocycles. The Morgan fingerprint density at radius 1 is 1.59 bits per heavy atom. The van der Waals surface area contributed by atoms with Crippen molar-refractivity contribution >= 4 is 12.4 Å². The average Bonchev–Trinajstić information content (AvgIpc) is 2.87. The van der Waals surface area contributed by atoms with Crippen molar-refractivity contribution in [1.82, 2.24) is 15.0 Å². The van der Waals surface area contributed by atoms with Crippen molar-refractivity contribution in [1.29, 1.82) is 0 Å². The Labute approximate surface area is 108 Å². The minimum absolute atomic E-state index is 0. The second-order valence-electron chi connectivity index (χ2n) is 4.60. The maximum atomic E-state index is 5.90. The van der Waals surface area contributed by atoms with Crippen molar-refractivity contribution in [2.45, 2.75) is 39.3 Å². The summed E-state index contributed by atoms with van der Waals surface area (Å²) in [5.41, 5.74) is 5.90. The van der Waals surface area contributed by atoms with Crippen molar-refractivity contribution in [2.24, 2.45) is 11.7 Å². The third kappa shape index (κ3) is 3.66. The van der Waals surface area contributed by atoms with E-state index in [0.717, 1.165) is 37.8 Å². The van der Waals surface area contributed by atoms with Crippen LogP contribution in [0.25, 0.3) is 0 Å². The maximum absolute atomic E-state index is 5.90. The highest BCUT2D eigenvalue weighted by molar-refractivity contribution is 5.85. The lowest BCUT2D eigenvalue weighted by atomic mass is 10.0. The molecule has 0 amide bonds. The molecule has 0 spiro atoms. The first-order valence-corrected chi connectivity index (χ1v) is 5.98. The minimum atomic E-state index is 0. The van der Waals surface area contributed by atoms with Crippen LogP contribution in [0.4, 0.5) is 0 Å². The van der Waals surface area contributed by atoms with Crippen LogP contribution in [-0.2, 0) is 13.0 Å². The number of halogens is 1. The van der Waals surface area contributed by atoms with Crippen LogP contribution < -0.4 is 5.73 Å². The molecule has 17 heavy (non-hydrogen) atoms. The first-order chi connectivity index (χ1) is 7.69. The molecule has 1 fully saturated rings. The summed E-state index contributed by atoms with van der Waals surface area (Å²) < 4.78 is 5.09. The monoisotopic (exact) mass is 260 g/mol. The SMILES string of the molecule is CCc1nc(CN2CCC(C(C)N)C2)no1.Cl. The van der Waals surface area contributed by atoms with Crippen LogP contribution in [0.3, 0.4) is 0 Å². The van der Waals surface area contributed by atoms with Gasteiger partial charge in [0.2, 0.25) is 5.89 Å². The Balaban J connectivity index is 0.00000144. The van der Waals surface area contributed by atoms with Crippen LogP contribution in [-0.4, -0.2) is 34.2 Å². The van der Waals surface area contributed by atoms with Gasteiger partial charge in [0.15, 0.2) is 5.82 Å². The largest absolute Gasteiger partial charge is 0.339 e. The van der Waals surface area contributed by atoms with E-state index < -0.39 is 0 Å². The summed E-state index contributed by atoms with van der Waals surface area (Å²) in [4.78, 5) is 6.66. The van der Waals surface area contributed by atoms with Gasteiger partial charge in [0.05, 0.1) is 6.54 Å². The number of nitrogens with zero attached hydrogens (tertiary/aromatic N) is 3. The molecule has 2 rings (SSSR count). The molecule has 0 aliphatic carbocycles. The number of hydrogen-bond acceptors (Lipinski definition) is 5. The fourth-order valence-electron chi connectivity index (χ4n) is 2.13. The molecule has 1 aliphatic rings. The Morgan fingerprint density at radius 2 is 2.35 bits per heavy atom. The van der Waals surface area contributed by atoms with Gasteiger partial charge >= 0.3 is 0 Å². The second kappa shape index (κ2) is 6.33. The molecule has 0 bridgehead atoms. The fourth-order valence-corrected chi connectivity index (χ4v) is 2.13. The lowest BCUT2D eigenvalue weighted by molar-refractivity contribution is 0.292. The standard InChI is InChI=1S/C11H20N4O.ClH/c1-3-11-13-10(14-16-11)7-15-5-4-9(6-15)8(2)12;/h8-9H,3-7,12H2,1-2H3;1H. The smallest absolute Gasteiger partial charge is 0.226 e. The van der Waals surface area contributed by atoms with Crippen molar-refractivity contribution in [3.8, 4) is 0 Å². The Hall–Kier alpha value is -0.650. The number of nitrogens with two attached hydrogens (primary N) is 1. The van der Waals surface area contributed by atoms with Gasteiger partial charge in [0.25, 0.3) is 0 Å². The van der Waals surface area contributed by atoms with Crippen LogP contribution in [0.2, 0.25) is 0 Å². The van der Waals surface area contributed by atoms with Gasteiger partial charge in [-0.1, -0.05) is 12.1 Å². The number of hydrogen-bond donors (Lipinski definition) is 1. The molecule has 2 N–H and O–H groups in total. The van der Waals surface area contributed by atoms with Crippen LogP contribution >= 0.6 is 12.4 Å². The van der Waals surface area contributed by atoms with E-state index in [1.54, 1.807) is 0 Å². The number of likely N-dealkylation sites (tertiary alicyclic amines) is 1. The summed E-state index contributed by atoms with van der Waals surface area (Å²) >= 11 is 0. The zero-order valence-electron chi connectivity index (χ0n) is 10.4. The van der Waals surface area contributed by atoms with E-state index in [9.17, 15) is 0 Å². The summed E-state index contributed by atoms with van der Waals surface area (Å²) in [5, 5.41) is 3.96. The van der Waals surface area contributed by atoms with E-state index in [1.807, 2.05) is 6.92 Å². The van der Waals surface area contributed by atoms with E-state index in [-0.39, 0.29) is 18.4 Å². The molecule has 2 unspecified atom stereocenters. The number of aryl methyl sites for hydroxylation is 1. The Bertz CT molecular complexity index is 342. The van der Waals surface area contributed by atoms with Gasteiger partial charge in [0.1, 0.15) is 0 Å². The highest BCUT2D eigenvalue weighted by Crippen LogP contribution is 2.19. The van der Waals surface area contributed by atoms with Crippen molar-refractivity contribution < 1.29 is 4.52 Å². The molecule has 5 nitrogen and oxygen atoms in total. The molecule has 1 aliphatic heterocycles. The van der Waals surface area contributed by atoms with Crippen molar-refractivity contribution in [2.75, 3.05) is 13.1 Å². The van der Waals surface area contributed by atoms with E-state index in [1.165, 1.54) is 6.42 Å². The third-order valence-electron chi connectivity index (χ3n) is 3.23. The first kappa shape index (κ1) is 14.4.